The average molecular weight is 287 g/mol. The number of carbonyl (C=O) groups excluding carboxylic acids is 1. The van der Waals surface area contributed by atoms with Crippen LogP contribution in [0, 0.1) is 0 Å². The van der Waals surface area contributed by atoms with Crippen LogP contribution in [0.25, 0.3) is 0 Å². The Morgan fingerprint density at radius 1 is 1.35 bits per heavy atom. The minimum absolute atomic E-state index is 0.453. The van der Waals surface area contributed by atoms with Gasteiger partial charge >= 0.3 is 0 Å². The van der Waals surface area contributed by atoms with Crippen LogP contribution in [-0.2, 0) is 6.54 Å². The van der Waals surface area contributed by atoms with Crippen molar-refractivity contribution in [3.05, 3.63) is 45.4 Å². The van der Waals surface area contributed by atoms with Crippen LogP contribution < -0.4 is 5.32 Å². The highest BCUT2D eigenvalue weighted by atomic mass is 35.5. The highest BCUT2D eigenvalue weighted by Gasteiger charge is 2.02. The van der Waals surface area contributed by atoms with Crippen LogP contribution in [0.4, 0.5) is 5.69 Å². The second-order valence-electron chi connectivity index (χ2n) is 3.28. The van der Waals surface area contributed by atoms with E-state index in [2.05, 4.69) is 10.3 Å². The van der Waals surface area contributed by atoms with Crippen molar-refractivity contribution >= 4 is 45.5 Å². The van der Waals surface area contributed by atoms with Gasteiger partial charge in [-0.15, -0.1) is 11.3 Å². The quantitative estimate of drug-likeness (QED) is 0.870. The summed E-state index contributed by atoms with van der Waals surface area (Å²) in [7, 11) is 0. The highest BCUT2D eigenvalue weighted by molar-refractivity contribution is 7.15. The summed E-state index contributed by atoms with van der Waals surface area (Å²) in [6.45, 7) is 0.651. The molecule has 1 aromatic heterocycles. The summed E-state index contributed by atoms with van der Waals surface area (Å²) in [5.41, 5.74) is 1.40. The summed E-state index contributed by atoms with van der Waals surface area (Å²) in [6.07, 6.45) is 1.73. The fraction of sp³-hybridized carbons (Fsp3) is 0.0909. The van der Waals surface area contributed by atoms with Gasteiger partial charge in [-0.3, -0.25) is 4.79 Å². The number of carbonyl (C=O) groups is 1. The van der Waals surface area contributed by atoms with Gasteiger partial charge in [0.05, 0.1) is 6.54 Å². The molecule has 6 heteroatoms. The molecule has 2 rings (SSSR count). The first-order chi connectivity index (χ1) is 8.15. The molecule has 1 aromatic carbocycles. The Bertz CT molecular complexity index is 525. The fourth-order valence-electron chi connectivity index (χ4n) is 1.27. The van der Waals surface area contributed by atoms with E-state index in [4.69, 9.17) is 23.2 Å². The van der Waals surface area contributed by atoms with Crippen molar-refractivity contribution in [1.29, 1.82) is 0 Å². The van der Waals surface area contributed by atoms with Crippen molar-refractivity contribution in [3.63, 3.8) is 0 Å². The molecular weight excluding hydrogens is 279 g/mol. The second-order valence-corrected chi connectivity index (χ2v) is 5.32. The van der Waals surface area contributed by atoms with Crippen molar-refractivity contribution in [2.24, 2.45) is 0 Å². The molecule has 0 atom stereocenters. The molecule has 0 amide bonds. The van der Waals surface area contributed by atoms with E-state index >= 15 is 0 Å². The van der Waals surface area contributed by atoms with Crippen LogP contribution >= 0.6 is 34.5 Å². The average Bonchev–Trinajstić information content (AvgIpc) is 2.73. The molecule has 0 aliphatic carbocycles. The van der Waals surface area contributed by atoms with E-state index in [1.165, 1.54) is 11.3 Å². The Labute approximate surface area is 112 Å². The van der Waals surface area contributed by atoms with Gasteiger partial charge in [0.1, 0.15) is 0 Å². The highest BCUT2D eigenvalue weighted by Crippen LogP contribution is 2.19. The zero-order valence-electron chi connectivity index (χ0n) is 8.61. The molecule has 0 fully saturated rings. The molecule has 0 saturated carbocycles. The number of benzene rings is 1. The molecule has 0 aliphatic heterocycles. The number of rotatable bonds is 4. The zero-order chi connectivity index (χ0) is 12.3. The third-order valence-electron chi connectivity index (χ3n) is 2.10. The van der Waals surface area contributed by atoms with Gasteiger partial charge in [0.15, 0.2) is 4.47 Å². The lowest BCUT2D eigenvalue weighted by Gasteiger charge is -2.04. The van der Waals surface area contributed by atoms with Crippen LogP contribution in [0.2, 0.25) is 4.47 Å². The maximum absolute atomic E-state index is 10.9. The molecule has 1 heterocycles. The van der Waals surface area contributed by atoms with E-state index in [1.54, 1.807) is 30.5 Å². The summed E-state index contributed by atoms with van der Waals surface area (Å²) < 4.78 is 0.532. The van der Waals surface area contributed by atoms with Gasteiger partial charge in [-0.25, -0.2) is 4.98 Å². The lowest BCUT2D eigenvalue weighted by atomic mass is 10.2. The van der Waals surface area contributed by atoms with E-state index in [9.17, 15) is 4.79 Å². The number of nitrogens with zero attached hydrogens (tertiary/aromatic N) is 1. The molecule has 0 saturated heterocycles. The number of anilines is 1. The lowest BCUT2D eigenvalue weighted by Crippen LogP contribution is -1.97. The number of nitrogens with one attached hydrogen (secondary N) is 1. The Kier molecular flexibility index (Phi) is 3.99. The van der Waals surface area contributed by atoms with E-state index in [-0.39, 0.29) is 0 Å². The van der Waals surface area contributed by atoms with E-state index < -0.39 is 5.24 Å². The minimum atomic E-state index is -0.453. The van der Waals surface area contributed by atoms with Gasteiger partial charge in [0.2, 0.25) is 0 Å². The van der Waals surface area contributed by atoms with Gasteiger partial charge in [0, 0.05) is 22.3 Å². The third kappa shape index (κ3) is 3.43. The van der Waals surface area contributed by atoms with Gasteiger partial charge in [-0.1, -0.05) is 11.6 Å². The monoisotopic (exact) mass is 286 g/mol. The van der Waals surface area contributed by atoms with E-state index in [0.717, 1.165) is 10.6 Å². The molecule has 0 radical (unpaired) electrons. The summed E-state index contributed by atoms with van der Waals surface area (Å²) >= 11 is 12.5. The van der Waals surface area contributed by atoms with Crippen LogP contribution in [0.15, 0.2) is 30.5 Å². The van der Waals surface area contributed by atoms with Crippen LogP contribution in [0.3, 0.4) is 0 Å². The predicted octanol–water partition coefficient (Wildman–Crippen LogP) is 3.79. The van der Waals surface area contributed by atoms with Gasteiger partial charge in [0.25, 0.3) is 5.24 Å². The number of halogens is 2. The molecule has 0 unspecified atom stereocenters. The predicted molar refractivity (Wildman–Crippen MR) is 71.1 cm³/mol. The smallest absolute Gasteiger partial charge is 0.252 e. The topological polar surface area (TPSA) is 42.0 Å². The Morgan fingerprint density at radius 3 is 2.59 bits per heavy atom. The molecule has 0 spiro atoms. The van der Waals surface area contributed by atoms with Gasteiger partial charge in [-0.2, -0.15) is 0 Å². The number of aromatic nitrogens is 1. The van der Waals surface area contributed by atoms with Crippen molar-refractivity contribution in [2.75, 3.05) is 5.32 Å². The van der Waals surface area contributed by atoms with Gasteiger partial charge in [-0.05, 0) is 35.9 Å². The maximum Gasteiger partial charge on any atom is 0.252 e. The Hall–Kier alpha value is -1.10. The molecular formula is C11H8Cl2N2OS. The second kappa shape index (κ2) is 5.49. The van der Waals surface area contributed by atoms with Crippen LogP contribution in [0.1, 0.15) is 15.2 Å². The summed E-state index contributed by atoms with van der Waals surface area (Å²) in [5, 5.41) is 2.74. The molecule has 17 heavy (non-hydrogen) atoms. The molecule has 0 bridgehead atoms. The van der Waals surface area contributed by atoms with Crippen molar-refractivity contribution < 1.29 is 4.79 Å². The zero-order valence-corrected chi connectivity index (χ0v) is 10.9. The van der Waals surface area contributed by atoms with E-state index in [1.807, 2.05) is 0 Å². The normalized spacial score (nSPS) is 10.2. The van der Waals surface area contributed by atoms with Crippen molar-refractivity contribution in [3.8, 4) is 0 Å². The Morgan fingerprint density at radius 2 is 2.06 bits per heavy atom. The molecule has 3 nitrogen and oxygen atoms in total. The lowest BCUT2D eigenvalue weighted by molar-refractivity contribution is 0.108. The summed E-state index contributed by atoms with van der Waals surface area (Å²) in [5.74, 6) is 0. The summed E-state index contributed by atoms with van der Waals surface area (Å²) in [6, 6.07) is 6.96. The molecule has 1 N–H and O–H groups in total. The first-order valence-corrected chi connectivity index (χ1v) is 6.36. The third-order valence-corrected chi connectivity index (χ3v) is 3.44. The number of hydrogen-bond donors (Lipinski definition) is 1. The first-order valence-electron chi connectivity index (χ1n) is 4.79. The fourth-order valence-corrected chi connectivity index (χ4v) is 2.32. The standard InChI is InChI=1S/C11H8Cl2N2OS/c12-10(16)7-1-3-8(4-2-7)14-5-9-6-15-11(13)17-9/h1-4,6,14H,5H2. The molecule has 88 valence electrons. The maximum atomic E-state index is 10.9. The van der Waals surface area contributed by atoms with Crippen LogP contribution in [-0.4, -0.2) is 10.2 Å². The SMILES string of the molecule is O=C(Cl)c1ccc(NCc2cnc(Cl)s2)cc1. The number of hydrogen-bond acceptors (Lipinski definition) is 4. The molecule has 2 aromatic rings. The minimum Gasteiger partial charge on any atom is -0.380 e. The summed E-state index contributed by atoms with van der Waals surface area (Å²) in [4.78, 5) is 15.9. The first kappa shape index (κ1) is 12.4. The Balaban J connectivity index is 1.97. The van der Waals surface area contributed by atoms with E-state index in [0.29, 0.717) is 16.6 Å². The molecule has 0 aliphatic rings. The van der Waals surface area contributed by atoms with Crippen LogP contribution in [0.5, 0.6) is 0 Å². The van der Waals surface area contributed by atoms with Gasteiger partial charge < -0.3 is 5.32 Å². The largest absolute Gasteiger partial charge is 0.380 e. The van der Waals surface area contributed by atoms with Crippen molar-refractivity contribution in [1.82, 2.24) is 4.98 Å². The number of thiazole rings is 1. The van der Waals surface area contributed by atoms with Crippen molar-refractivity contribution in [2.45, 2.75) is 6.54 Å².